The molecule has 3 aromatic rings. The molecule has 19 heavy (non-hydrogen) atoms. The molecule has 0 spiro atoms. The Bertz CT molecular complexity index is 693. The molecular weight excluding hydrogens is 324 g/mol. The summed E-state index contributed by atoms with van der Waals surface area (Å²) in [5, 5.41) is 0.676. The van der Waals surface area contributed by atoms with Gasteiger partial charge in [-0.3, -0.25) is 0 Å². The van der Waals surface area contributed by atoms with Crippen LogP contribution in [-0.4, -0.2) is 4.98 Å². The first-order valence-corrected chi connectivity index (χ1v) is 7.53. The molecule has 1 heterocycles. The van der Waals surface area contributed by atoms with Crippen molar-refractivity contribution in [1.82, 2.24) is 4.98 Å². The maximum absolute atomic E-state index is 5.86. The second-order valence-corrected chi connectivity index (χ2v) is 5.78. The second kappa shape index (κ2) is 5.27. The van der Waals surface area contributed by atoms with Crippen LogP contribution < -0.4 is 5.73 Å². The van der Waals surface area contributed by atoms with Gasteiger partial charge in [0.2, 0.25) is 0 Å². The quantitative estimate of drug-likeness (QED) is 0.567. The molecule has 0 saturated carbocycles. The zero-order valence-corrected chi connectivity index (χ0v) is 12.4. The molecule has 0 aliphatic heterocycles. The lowest BCUT2D eigenvalue weighted by Gasteiger charge is -2.04. The fourth-order valence-corrected chi connectivity index (χ4v) is 3.18. The Labute approximate surface area is 123 Å². The molecule has 0 aliphatic rings. The van der Waals surface area contributed by atoms with Gasteiger partial charge < -0.3 is 10.2 Å². The Kier molecular flexibility index (Phi) is 3.48. The number of fused-ring (bicyclic) bond motifs is 1. The number of nitrogens with zero attached hydrogens (tertiary/aromatic N) is 1. The van der Waals surface area contributed by atoms with Crippen molar-refractivity contribution in [3.8, 4) is 0 Å². The predicted octanol–water partition coefficient (Wildman–Crippen LogP) is 4.46. The molecule has 3 nitrogen and oxygen atoms in total. The van der Waals surface area contributed by atoms with E-state index < -0.39 is 0 Å². The number of benzene rings is 2. The van der Waals surface area contributed by atoms with Crippen LogP contribution in [0.4, 0.5) is 5.69 Å². The van der Waals surface area contributed by atoms with Crippen LogP contribution in [0.15, 0.2) is 56.6 Å². The highest BCUT2D eigenvalue weighted by molar-refractivity contribution is 9.10. The van der Waals surface area contributed by atoms with E-state index in [1.807, 2.05) is 42.5 Å². The molecule has 0 radical (unpaired) electrons. The summed E-state index contributed by atoms with van der Waals surface area (Å²) in [6, 6.07) is 13.6. The van der Waals surface area contributed by atoms with Gasteiger partial charge in [0.05, 0.1) is 0 Å². The van der Waals surface area contributed by atoms with E-state index in [1.165, 1.54) is 0 Å². The number of anilines is 1. The van der Waals surface area contributed by atoms with Gasteiger partial charge in [0.15, 0.2) is 5.58 Å². The lowest BCUT2D eigenvalue weighted by atomic mass is 10.2. The Hall–Kier alpha value is -1.46. The minimum atomic E-state index is 0.676. The molecule has 0 saturated heterocycles. The van der Waals surface area contributed by atoms with E-state index in [9.17, 15) is 0 Å². The van der Waals surface area contributed by atoms with Crippen molar-refractivity contribution < 1.29 is 4.42 Å². The van der Waals surface area contributed by atoms with Gasteiger partial charge in [-0.05, 0) is 39.7 Å². The third-order valence-corrected chi connectivity index (χ3v) is 4.58. The number of nitrogens with two attached hydrogens (primary N) is 1. The lowest BCUT2D eigenvalue weighted by molar-refractivity contribution is 0.489. The predicted molar refractivity (Wildman–Crippen MR) is 82.1 cm³/mol. The first kappa shape index (κ1) is 12.6. The molecule has 2 N–H and O–H groups in total. The van der Waals surface area contributed by atoms with Crippen LogP contribution in [-0.2, 0) is 5.75 Å². The van der Waals surface area contributed by atoms with Crippen LogP contribution in [0.25, 0.3) is 11.1 Å². The third kappa shape index (κ3) is 2.62. The molecule has 0 unspecified atom stereocenters. The normalized spacial score (nSPS) is 11.0. The number of hydrogen-bond donors (Lipinski definition) is 1. The summed E-state index contributed by atoms with van der Waals surface area (Å²) < 4.78 is 6.61. The molecule has 96 valence electrons. The zero-order chi connectivity index (χ0) is 13.2. The summed E-state index contributed by atoms with van der Waals surface area (Å²) in [7, 11) is 0. The molecule has 0 atom stereocenters. The van der Waals surface area contributed by atoms with Gasteiger partial charge in [-0.15, -0.1) is 0 Å². The van der Waals surface area contributed by atoms with Crippen molar-refractivity contribution >= 4 is 44.5 Å². The van der Waals surface area contributed by atoms with Gasteiger partial charge in [-0.1, -0.05) is 36.0 Å². The summed E-state index contributed by atoms with van der Waals surface area (Å²) in [6.45, 7) is 0. The highest BCUT2D eigenvalue weighted by atomic mass is 79.9. The molecule has 5 heteroatoms. The molecule has 0 aliphatic carbocycles. The summed E-state index contributed by atoms with van der Waals surface area (Å²) >= 11 is 5.06. The number of halogens is 1. The smallest absolute Gasteiger partial charge is 0.257 e. The van der Waals surface area contributed by atoms with E-state index in [1.54, 1.807) is 11.8 Å². The molecule has 0 fully saturated rings. The standard InChI is InChI=1S/C14H11BrN2OS/c15-13-9(4-3-5-10(13)16)8-19-14-17-11-6-1-2-7-12(11)18-14/h1-7H,8,16H2. The largest absolute Gasteiger partial charge is 0.431 e. The van der Waals surface area contributed by atoms with Crippen molar-refractivity contribution in [2.45, 2.75) is 11.0 Å². The van der Waals surface area contributed by atoms with Crippen LogP contribution in [0, 0.1) is 0 Å². The second-order valence-electron chi connectivity index (χ2n) is 4.06. The van der Waals surface area contributed by atoms with Gasteiger partial charge in [0.25, 0.3) is 5.22 Å². The number of rotatable bonds is 3. The van der Waals surface area contributed by atoms with E-state index in [4.69, 9.17) is 10.2 Å². The average Bonchev–Trinajstić information content (AvgIpc) is 2.83. The Morgan fingerprint density at radius 1 is 1.16 bits per heavy atom. The van der Waals surface area contributed by atoms with Gasteiger partial charge in [0.1, 0.15) is 5.52 Å². The highest BCUT2D eigenvalue weighted by Crippen LogP contribution is 2.31. The molecule has 3 rings (SSSR count). The van der Waals surface area contributed by atoms with Gasteiger partial charge in [-0.25, -0.2) is 4.98 Å². The number of nitrogen functional groups attached to an aromatic ring is 1. The Morgan fingerprint density at radius 3 is 2.84 bits per heavy atom. The van der Waals surface area contributed by atoms with Gasteiger partial charge in [-0.2, -0.15) is 0 Å². The van der Waals surface area contributed by atoms with Crippen molar-refractivity contribution in [3.05, 3.63) is 52.5 Å². The minimum Gasteiger partial charge on any atom is -0.431 e. The maximum Gasteiger partial charge on any atom is 0.257 e. The first-order valence-electron chi connectivity index (χ1n) is 5.75. The lowest BCUT2D eigenvalue weighted by Crippen LogP contribution is -1.90. The molecule has 1 aromatic heterocycles. The van der Waals surface area contributed by atoms with Crippen LogP contribution >= 0.6 is 27.7 Å². The summed E-state index contributed by atoms with van der Waals surface area (Å²) in [5.74, 6) is 0.762. The van der Waals surface area contributed by atoms with Crippen molar-refractivity contribution in [1.29, 1.82) is 0 Å². The van der Waals surface area contributed by atoms with E-state index in [-0.39, 0.29) is 0 Å². The van der Waals surface area contributed by atoms with E-state index in [0.29, 0.717) is 5.22 Å². The molecule has 0 bridgehead atoms. The van der Waals surface area contributed by atoms with Crippen molar-refractivity contribution in [3.63, 3.8) is 0 Å². The van der Waals surface area contributed by atoms with Crippen molar-refractivity contribution in [2.24, 2.45) is 0 Å². The summed E-state index contributed by atoms with van der Waals surface area (Å²) in [6.07, 6.45) is 0. The topological polar surface area (TPSA) is 52.0 Å². The highest BCUT2D eigenvalue weighted by Gasteiger charge is 2.08. The van der Waals surface area contributed by atoms with Crippen LogP contribution in [0.5, 0.6) is 0 Å². The zero-order valence-electron chi connectivity index (χ0n) is 9.97. The Balaban J connectivity index is 1.80. The average molecular weight is 335 g/mol. The van der Waals surface area contributed by atoms with E-state index in [2.05, 4.69) is 20.9 Å². The Morgan fingerprint density at radius 2 is 2.00 bits per heavy atom. The molecule has 2 aromatic carbocycles. The maximum atomic E-state index is 5.86. The number of aromatic nitrogens is 1. The van der Waals surface area contributed by atoms with E-state index in [0.717, 1.165) is 32.6 Å². The summed E-state index contributed by atoms with van der Waals surface area (Å²) in [4.78, 5) is 4.43. The monoisotopic (exact) mass is 334 g/mol. The third-order valence-electron chi connectivity index (χ3n) is 2.73. The fourth-order valence-electron chi connectivity index (χ4n) is 1.76. The van der Waals surface area contributed by atoms with Gasteiger partial charge >= 0.3 is 0 Å². The molecule has 0 amide bonds. The SMILES string of the molecule is Nc1cccc(CSc2nc3ccccc3o2)c1Br. The first-order chi connectivity index (χ1) is 9.24. The molecular formula is C14H11BrN2OS. The summed E-state index contributed by atoms with van der Waals surface area (Å²) in [5.41, 5.74) is 9.44. The number of oxazole rings is 1. The van der Waals surface area contributed by atoms with Crippen molar-refractivity contribution in [2.75, 3.05) is 5.73 Å². The minimum absolute atomic E-state index is 0.676. The number of para-hydroxylation sites is 2. The van der Waals surface area contributed by atoms with Crippen LogP contribution in [0.1, 0.15) is 5.56 Å². The van der Waals surface area contributed by atoms with Crippen LogP contribution in [0.3, 0.4) is 0 Å². The van der Waals surface area contributed by atoms with E-state index >= 15 is 0 Å². The number of hydrogen-bond acceptors (Lipinski definition) is 4. The van der Waals surface area contributed by atoms with Crippen LogP contribution in [0.2, 0.25) is 0 Å². The fraction of sp³-hybridized carbons (Fsp3) is 0.0714. The van der Waals surface area contributed by atoms with Gasteiger partial charge in [0, 0.05) is 15.9 Å². The number of thioether (sulfide) groups is 1.